The lowest BCUT2D eigenvalue weighted by Crippen LogP contribution is -2.35. The number of rotatable bonds is 5. The first-order valence-electron chi connectivity index (χ1n) is 3.35. The molecule has 0 fully saturated rings. The fourth-order valence-corrected chi connectivity index (χ4v) is 0.692. The molecule has 70 valence electrons. The molecule has 0 saturated carbocycles. The molecule has 0 saturated heterocycles. The summed E-state index contributed by atoms with van der Waals surface area (Å²) in [7, 11) is 0. The first-order chi connectivity index (χ1) is 5.66. The number of nitrogens with two attached hydrogens (primary N) is 1. The third kappa shape index (κ3) is 7.65. The van der Waals surface area contributed by atoms with Crippen LogP contribution in [0.4, 0.5) is 4.79 Å². The summed E-state index contributed by atoms with van der Waals surface area (Å²) in [6, 6.07) is -0.532. The van der Waals surface area contributed by atoms with E-state index in [1.165, 1.54) is 5.54 Å². The summed E-state index contributed by atoms with van der Waals surface area (Å²) in [5, 5.41) is 5.88. The SMILES string of the molecule is NC(=O)NCCNCC(Cl)=CCl. The van der Waals surface area contributed by atoms with Gasteiger partial charge in [0.15, 0.2) is 0 Å². The van der Waals surface area contributed by atoms with Crippen molar-refractivity contribution in [3.63, 3.8) is 0 Å². The molecule has 0 aliphatic carbocycles. The number of primary amides is 1. The average Bonchev–Trinajstić information content (AvgIpc) is 2.03. The van der Waals surface area contributed by atoms with Crippen molar-refractivity contribution >= 4 is 29.2 Å². The molecule has 0 aromatic heterocycles. The Morgan fingerprint density at radius 3 is 2.67 bits per heavy atom. The van der Waals surface area contributed by atoms with E-state index < -0.39 is 6.03 Å². The number of carbonyl (C=O) groups excluding carboxylic acids is 1. The number of nitrogens with one attached hydrogen (secondary N) is 2. The largest absolute Gasteiger partial charge is 0.352 e. The standard InChI is InChI=1S/C6H11Cl2N3O/c7-3-5(8)4-10-1-2-11-6(9)12/h3,10H,1-2,4H2,(H3,9,11,12). The van der Waals surface area contributed by atoms with Gasteiger partial charge in [0, 0.05) is 30.2 Å². The van der Waals surface area contributed by atoms with Crippen LogP contribution in [0.15, 0.2) is 10.6 Å². The molecule has 4 nitrogen and oxygen atoms in total. The minimum atomic E-state index is -0.532. The van der Waals surface area contributed by atoms with Crippen molar-refractivity contribution in [2.75, 3.05) is 19.6 Å². The van der Waals surface area contributed by atoms with E-state index >= 15 is 0 Å². The van der Waals surface area contributed by atoms with Crippen LogP contribution >= 0.6 is 23.2 Å². The van der Waals surface area contributed by atoms with Crippen LogP contribution in [-0.2, 0) is 0 Å². The maximum Gasteiger partial charge on any atom is 0.312 e. The highest BCUT2D eigenvalue weighted by molar-refractivity contribution is 6.36. The maximum atomic E-state index is 10.2. The molecule has 0 aromatic rings. The Morgan fingerprint density at radius 1 is 1.50 bits per heavy atom. The van der Waals surface area contributed by atoms with Gasteiger partial charge in [-0.3, -0.25) is 0 Å². The van der Waals surface area contributed by atoms with Crippen LogP contribution in [0.2, 0.25) is 0 Å². The molecule has 0 aliphatic rings. The number of urea groups is 1. The van der Waals surface area contributed by atoms with Crippen LogP contribution in [0.1, 0.15) is 0 Å². The number of amides is 2. The second-order valence-electron chi connectivity index (χ2n) is 2.02. The summed E-state index contributed by atoms with van der Waals surface area (Å²) < 4.78 is 0. The van der Waals surface area contributed by atoms with Crippen LogP contribution in [0.5, 0.6) is 0 Å². The van der Waals surface area contributed by atoms with Gasteiger partial charge in [0.2, 0.25) is 0 Å². The molecule has 0 radical (unpaired) electrons. The Kier molecular flexibility index (Phi) is 6.94. The van der Waals surface area contributed by atoms with Crippen LogP contribution in [0, 0.1) is 0 Å². The predicted octanol–water partition coefficient (Wildman–Crippen LogP) is 0.563. The van der Waals surface area contributed by atoms with Crippen molar-refractivity contribution in [3.8, 4) is 0 Å². The molecular formula is C6H11Cl2N3O. The Balaban J connectivity index is 3.16. The lowest BCUT2D eigenvalue weighted by atomic mass is 10.5. The lowest BCUT2D eigenvalue weighted by Gasteiger charge is -2.03. The van der Waals surface area contributed by atoms with Crippen molar-refractivity contribution in [1.29, 1.82) is 0 Å². The molecule has 4 N–H and O–H groups in total. The third-order valence-electron chi connectivity index (χ3n) is 1.01. The molecule has 0 aromatic carbocycles. The molecule has 0 heterocycles. The van der Waals surface area contributed by atoms with Gasteiger partial charge in [0.1, 0.15) is 0 Å². The zero-order valence-electron chi connectivity index (χ0n) is 6.44. The number of halogens is 2. The normalized spacial score (nSPS) is 11.3. The second-order valence-corrected chi connectivity index (χ2v) is 2.73. The van der Waals surface area contributed by atoms with Gasteiger partial charge in [-0.05, 0) is 0 Å². The molecule has 0 rings (SSSR count). The highest BCUT2D eigenvalue weighted by atomic mass is 35.5. The van der Waals surface area contributed by atoms with E-state index in [1.54, 1.807) is 0 Å². The fraction of sp³-hybridized carbons (Fsp3) is 0.500. The van der Waals surface area contributed by atoms with E-state index in [1.807, 2.05) is 0 Å². The van der Waals surface area contributed by atoms with Crippen LogP contribution in [-0.4, -0.2) is 25.7 Å². The van der Waals surface area contributed by atoms with Crippen molar-refractivity contribution < 1.29 is 4.79 Å². The first kappa shape index (κ1) is 11.6. The Morgan fingerprint density at radius 2 is 2.17 bits per heavy atom. The molecule has 0 bridgehead atoms. The number of hydrogen-bond acceptors (Lipinski definition) is 2. The van der Waals surface area contributed by atoms with Gasteiger partial charge < -0.3 is 16.4 Å². The smallest absolute Gasteiger partial charge is 0.312 e. The highest BCUT2D eigenvalue weighted by Crippen LogP contribution is 1.99. The molecule has 6 heteroatoms. The van der Waals surface area contributed by atoms with Crippen molar-refractivity contribution in [3.05, 3.63) is 10.6 Å². The van der Waals surface area contributed by atoms with E-state index in [0.717, 1.165) is 0 Å². The van der Waals surface area contributed by atoms with E-state index in [0.29, 0.717) is 24.7 Å². The first-order valence-corrected chi connectivity index (χ1v) is 4.17. The molecule has 2 amide bonds. The van der Waals surface area contributed by atoms with Gasteiger partial charge in [-0.1, -0.05) is 23.2 Å². The molecular weight excluding hydrogens is 201 g/mol. The topological polar surface area (TPSA) is 67.2 Å². The van der Waals surface area contributed by atoms with Crippen molar-refractivity contribution in [1.82, 2.24) is 10.6 Å². The Bertz CT molecular complexity index is 172. The van der Waals surface area contributed by atoms with Crippen LogP contribution in [0.3, 0.4) is 0 Å². The highest BCUT2D eigenvalue weighted by Gasteiger charge is 1.92. The average molecular weight is 212 g/mol. The van der Waals surface area contributed by atoms with Crippen LogP contribution < -0.4 is 16.4 Å². The van der Waals surface area contributed by atoms with E-state index in [2.05, 4.69) is 10.6 Å². The zero-order chi connectivity index (χ0) is 9.40. The number of hydrogen-bond donors (Lipinski definition) is 3. The molecule has 12 heavy (non-hydrogen) atoms. The molecule has 0 aliphatic heterocycles. The summed E-state index contributed by atoms with van der Waals surface area (Å²) >= 11 is 10.9. The number of carbonyl (C=O) groups is 1. The Hall–Kier alpha value is -0.450. The van der Waals surface area contributed by atoms with Gasteiger partial charge in [-0.15, -0.1) is 0 Å². The fourth-order valence-electron chi connectivity index (χ4n) is 0.520. The summed E-state index contributed by atoms with van der Waals surface area (Å²) in [6.07, 6.45) is 0. The zero-order valence-corrected chi connectivity index (χ0v) is 7.95. The lowest BCUT2D eigenvalue weighted by molar-refractivity contribution is 0.249. The maximum absolute atomic E-state index is 10.2. The van der Waals surface area contributed by atoms with Gasteiger partial charge in [0.25, 0.3) is 0 Å². The predicted molar refractivity (Wildman–Crippen MR) is 50.2 cm³/mol. The van der Waals surface area contributed by atoms with Crippen molar-refractivity contribution in [2.24, 2.45) is 5.73 Å². The van der Waals surface area contributed by atoms with Gasteiger partial charge in [0.05, 0.1) is 0 Å². The Labute approximate surface area is 81.1 Å². The molecule has 0 spiro atoms. The minimum Gasteiger partial charge on any atom is -0.352 e. The molecule has 0 unspecified atom stereocenters. The van der Waals surface area contributed by atoms with E-state index in [9.17, 15) is 4.79 Å². The summed E-state index contributed by atoms with van der Waals surface area (Å²) in [5.74, 6) is 0. The molecule has 0 atom stereocenters. The summed E-state index contributed by atoms with van der Waals surface area (Å²) in [5.41, 5.74) is 6.11. The van der Waals surface area contributed by atoms with Crippen LogP contribution in [0.25, 0.3) is 0 Å². The third-order valence-corrected chi connectivity index (χ3v) is 1.63. The van der Waals surface area contributed by atoms with Gasteiger partial charge >= 0.3 is 6.03 Å². The van der Waals surface area contributed by atoms with Crippen molar-refractivity contribution in [2.45, 2.75) is 0 Å². The van der Waals surface area contributed by atoms with E-state index in [-0.39, 0.29) is 0 Å². The quantitative estimate of drug-likeness (QED) is 0.583. The van der Waals surface area contributed by atoms with E-state index in [4.69, 9.17) is 28.9 Å². The summed E-state index contributed by atoms with van der Waals surface area (Å²) in [6.45, 7) is 1.57. The monoisotopic (exact) mass is 211 g/mol. The van der Waals surface area contributed by atoms with Gasteiger partial charge in [-0.2, -0.15) is 0 Å². The minimum absolute atomic E-state index is 0.474. The summed E-state index contributed by atoms with van der Waals surface area (Å²) in [4.78, 5) is 10.2. The second kappa shape index (κ2) is 7.21. The van der Waals surface area contributed by atoms with Gasteiger partial charge in [-0.25, -0.2) is 4.79 Å².